The first-order chi connectivity index (χ1) is 6.33. The molecule has 0 atom stereocenters. The Morgan fingerprint density at radius 3 is 2.54 bits per heavy atom. The molecule has 1 rings (SSSR count). The highest BCUT2D eigenvalue weighted by Gasteiger charge is 2.08. The van der Waals surface area contributed by atoms with Crippen molar-refractivity contribution in [2.45, 2.75) is 33.6 Å². The van der Waals surface area contributed by atoms with Crippen LogP contribution >= 0.6 is 0 Å². The van der Waals surface area contributed by atoms with E-state index in [4.69, 9.17) is 9.84 Å². The molecule has 0 saturated heterocycles. The third-order valence-corrected chi connectivity index (χ3v) is 1.80. The van der Waals surface area contributed by atoms with E-state index in [9.17, 15) is 0 Å². The van der Waals surface area contributed by atoms with Gasteiger partial charge in [-0.05, 0) is 13.8 Å². The molecule has 0 aliphatic carbocycles. The van der Waals surface area contributed by atoms with Crippen molar-refractivity contribution in [1.82, 2.24) is 14.8 Å². The predicted molar refractivity (Wildman–Crippen MR) is 46.9 cm³/mol. The molecule has 0 unspecified atom stereocenters. The van der Waals surface area contributed by atoms with E-state index in [1.807, 2.05) is 18.4 Å². The van der Waals surface area contributed by atoms with Crippen molar-refractivity contribution >= 4 is 0 Å². The van der Waals surface area contributed by atoms with Crippen LogP contribution in [0, 0.1) is 0 Å². The molecular formula is C8H15N3O2. The summed E-state index contributed by atoms with van der Waals surface area (Å²) >= 11 is 0. The van der Waals surface area contributed by atoms with Gasteiger partial charge in [0.25, 0.3) is 0 Å². The van der Waals surface area contributed by atoms with Gasteiger partial charge in [-0.1, -0.05) is 0 Å². The molecule has 0 bridgehead atoms. The zero-order chi connectivity index (χ0) is 9.68. The second-order valence-corrected chi connectivity index (χ2v) is 2.57. The third-order valence-electron chi connectivity index (χ3n) is 1.80. The standard InChI is InChI=1S/C8H15N3O2/c1-3-11-7(5-12)9-10-8(11)6-13-4-2/h12H,3-6H2,1-2H3. The summed E-state index contributed by atoms with van der Waals surface area (Å²) in [6.45, 7) is 5.71. The van der Waals surface area contributed by atoms with E-state index < -0.39 is 0 Å². The summed E-state index contributed by atoms with van der Waals surface area (Å²) in [5, 5.41) is 16.7. The average Bonchev–Trinajstić information content (AvgIpc) is 2.56. The third kappa shape index (κ3) is 2.26. The molecule has 1 aromatic heterocycles. The van der Waals surface area contributed by atoms with Gasteiger partial charge < -0.3 is 14.4 Å². The van der Waals surface area contributed by atoms with E-state index in [0.717, 1.165) is 12.4 Å². The van der Waals surface area contributed by atoms with Gasteiger partial charge in [-0.2, -0.15) is 0 Å². The molecule has 0 aliphatic rings. The summed E-state index contributed by atoms with van der Waals surface area (Å²) < 4.78 is 7.07. The Kier molecular flexibility index (Phi) is 3.85. The van der Waals surface area contributed by atoms with Crippen LogP contribution < -0.4 is 0 Å². The van der Waals surface area contributed by atoms with Crippen LogP contribution in [0.3, 0.4) is 0 Å². The van der Waals surface area contributed by atoms with Gasteiger partial charge in [0.2, 0.25) is 0 Å². The van der Waals surface area contributed by atoms with Crippen molar-refractivity contribution < 1.29 is 9.84 Å². The molecule has 0 saturated carbocycles. The minimum absolute atomic E-state index is 0.0764. The van der Waals surface area contributed by atoms with Crippen molar-refractivity contribution in [3.05, 3.63) is 11.6 Å². The van der Waals surface area contributed by atoms with Gasteiger partial charge in [0.15, 0.2) is 11.6 Å². The summed E-state index contributed by atoms with van der Waals surface area (Å²) in [6, 6.07) is 0. The Morgan fingerprint density at radius 2 is 2.00 bits per heavy atom. The first-order valence-corrected chi connectivity index (χ1v) is 4.43. The number of nitrogens with zero attached hydrogens (tertiary/aromatic N) is 3. The number of aliphatic hydroxyl groups is 1. The van der Waals surface area contributed by atoms with Crippen molar-refractivity contribution in [2.75, 3.05) is 6.61 Å². The van der Waals surface area contributed by atoms with Gasteiger partial charge in [0, 0.05) is 13.2 Å². The molecule has 1 heterocycles. The van der Waals surface area contributed by atoms with E-state index >= 15 is 0 Å². The molecule has 74 valence electrons. The quantitative estimate of drug-likeness (QED) is 0.718. The molecule has 0 radical (unpaired) electrons. The lowest BCUT2D eigenvalue weighted by atomic mass is 10.5. The van der Waals surface area contributed by atoms with Crippen LogP contribution in [0.25, 0.3) is 0 Å². The molecule has 1 N–H and O–H groups in total. The highest BCUT2D eigenvalue weighted by atomic mass is 16.5. The Balaban J connectivity index is 2.75. The first-order valence-electron chi connectivity index (χ1n) is 4.43. The van der Waals surface area contributed by atoms with E-state index in [1.165, 1.54) is 0 Å². The second kappa shape index (κ2) is 4.94. The smallest absolute Gasteiger partial charge is 0.159 e. The van der Waals surface area contributed by atoms with Crippen LogP contribution in [0.1, 0.15) is 25.5 Å². The monoisotopic (exact) mass is 185 g/mol. The number of aromatic nitrogens is 3. The van der Waals surface area contributed by atoms with Gasteiger partial charge in [0.05, 0.1) is 0 Å². The van der Waals surface area contributed by atoms with Crippen molar-refractivity contribution in [3.8, 4) is 0 Å². The first kappa shape index (κ1) is 10.1. The number of hydrogen-bond acceptors (Lipinski definition) is 4. The van der Waals surface area contributed by atoms with Gasteiger partial charge in [-0.25, -0.2) is 0 Å². The molecular weight excluding hydrogens is 170 g/mol. The van der Waals surface area contributed by atoms with Crippen LogP contribution in [0.2, 0.25) is 0 Å². The highest BCUT2D eigenvalue weighted by Crippen LogP contribution is 2.03. The second-order valence-electron chi connectivity index (χ2n) is 2.57. The SMILES string of the molecule is CCOCc1nnc(CO)n1CC. The van der Waals surface area contributed by atoms with Crippen LogP contribution in [0.15, 0.2) is 0 Å². The molecule has 0 aliphatic heterocycles. The zero-order valence-corrected chi connectivity index (χ0v) is 8.03. The van der Waals surface area contributed by atoms with E-state index in [0.29, 0.717) is 19.0 Å². The maximum atomic E-state index is 8.92. The van der Waals surface area contributed by atoms with Gasteiger partial charge in [-0.3, -0.25) is 0 Å². The lowest BCUT2D eigenvalue weighted by Crippen LogP contribution is -2.07. The number of ether oxygens (including phenoxy) is 1. The number of rotatable bonds is 5. The van der Waals surface area contributed by atoms with Crippen LogP contribution in [0.4, 0.5) is 0 Å². The molecule has 1 aromatic rings. The fourth-order valence-electron chi connectivity index (χ4n) is 1.15. The Bertz CT molecular complexity index is 260. The van der Waals surface area contributed by atoms with Crippen LogP contribution in [-0.2, 0) is 24.5 Å². The van der Waals surface area contributed by atoms with Crippen molar-refractivity contribution in [3.63, 3.8) is 0 Å². The average molecular weight is 185 g/mol. The number of aliphatic hydroxyl groups excluding tert-OH is 1. The highest BCUT2D eigenvalue weighted by molar-refractivity contribution is 4.93. The van der Waals surface area contributed by atoms with E-state index in [-0.39, 0.29) is 6.61 Å². The summed E-state index contributed by atoms with van der Waals surface area (Å²) in [5.74, 6) is 1.37. The summed E-state index contributed by atoms with van der Waals surface area (Å²) in [7, 11) is 0. The molecule has 0 aromatic carbocycles. The summed E-state index contributed by atoms with van der Waals surface area (Å²) in [4.78, 5) is 0. The van der Waals surface area contributed by atoms with Gasteiger partial charge in [-0.15, -0.1) is 10.2 Å². The molecule has 0 spiro atoms. The maximum absolute atomic E-state index is 8.92. The Labute approximate surface area is 77.4 Å². The fourth-order valence-corrected chi connectivity index (χ4v) is 1.15. The molecule has 13 heavy (non-hydrogen) atoms. The fraction of sp³-hybridized carbons (Fsp3) is 0.750. The van der Waals surface area contributed by atoms with Crippen LogP contribution in [0.5, 0.6) is 0 Å². The number of hydrogen-bond donors (Lipinski definition) is 1. The molecule has 5 heteroatoms. The molecule has 0 fully saturated rings. The van der Waals surface area contributed by atoms with E-state index in [2.05, 4.69) is 10.2 Å². The molecule has 5 nitrogen and oxygen atoms in total. The molecule has 0 amide bonds. The van der Waals surface area contributed by atoms with Gasteiger partial charge >= 0.3 is 0 Å². The largest absolute Gasteiger partial charge is 0.388 e. The normalized spacial score (nSPS) is 10.7. The topological polar surface area (TPSA) is 60.2 Å². The summed E-state index contributed by atoms with van der Waals surface area (Å²) in [5.41, 5.74) is 0. The Hall–Kier alpha value is -0.940. The summed E-state index contributed by atoms with van der Waals surface area (Å²) in [6.07, 6.45) is 0. The lowest BCUT2D eigenvalue weighted by molar-refractivity contribution is 0.125. The lowest BCUT2D eigenvalue weighted by Gasteiger charge is -2.05. The minimum atomic E-state index is -0.0764. The van der Waals surface area contributed by atoms with E-state index in [1.54, 1.807) is 0 Å². The zero-order valence-electron chi connectivity index (χ0n) is 8.03. The van der Waals surface area contributed by atoms with Crippen LogP contribution in [-0.4, -0.2) is 26.5 Å². The van der Waals surface area contributed by atoms with Crippen molar-refractivity contribution in [2.24, 2.45) is 0 Å². The predicted octanol–water partition coefficient (Wildman–Crippen LogP) is 0.327. The Morgan fingerprint density at radius 1 is 1.31 bits per heavy atom. The van der Waals surface area contributed by atoms with Crippen molar-refractivity contribution in [1.29, 1.82) is 0 Å². The maximum Gasteiger partial charge on any atom is 0.159 e. The minimum Gasteiger partial charge on any atom is -0.388 e. The van der Waals surface area contributed by atoms with Gasteiger partial charge in [0.1, 0.15) is 13.2 Å².